The summed E-state index contributed by atoms with van der Waals surface area (Å²) in [6.45, 7) is 0. The largest absolute Gasteiger partial charge is 0.436 e. The van der Waals surface area contributed by atoms with Crippen molar-refractivity contribution in [3.63, 3.8) is 0 Å². The second-order valence-electron chi connectivity index (χ2n) is 2.01. The standard InChI is InChI=1S/C6H3F3N2O/c7-6(8,9)5-3-4(1-2-10)12-11-5/h3H,1H2. The zero-order valence-corrected chi connectivity index (χ0v) is 5.72. The van der Waals surface area contributed by atoms with Gasteiger partial charge in [-0.3, -0.25) is 0 Å². The van der Waals surface area contributed by atoms with E-state index in [2.05, 4.69) is 9.68 Å². The highest BCUT2D eigenvalue weighted by molar-refractivity contribution is 5.11. The van der Waals surface area contributed by atoms with Crippen molar-refractivity contribution < 1.29 is 17.7 Å². The minimum Gasteiger partial charge on any atom is -0.360 e. The van der Waals surface area contributed by atoms with Crippen LogP contribution in [0.25, 0.3) is 0 Å². The Morgan fingerprint density at radius 1 is 1.58 bits per heavy atom. The van der Waals surface area contributed by atoms with Gasteiger partial charge in [-0.2, -0.15) is 18.4 Å². The molecule has 0 aliphatic heterocycles. The van der Waals surface area contributed by atoms with E-state index in [1.165, 1.54) is 0 Å². The van der Waals surface area contributed by atoms with E-state index < -0.39 is 11.9 Å². The molecular formula is C6H3F3N2O. The molecule has 0 amide bonds. The summed E-state index contributed by atoms with van der Waals surface area (Å²) in [5, 5.41) is 10.9. The van der Waals surface area contributed by atoms with Gasteiger partial charge in [-0.1, -0.05) is 5.16 Å². The van der Waals surface area contributed by atoms with Crippen LogP contribution in [0.2, 0.25) is 0 Å². The second kappa shape index (κ2) is 2.85. The Bertz CT molecular complexity index is 309. The highest BCUT2D eigenvalue weighted by Gasteiger charge is 2.34. The number of alkyl halides is 3. The van der Waals surface area contributed by atoms with E-state index in [1.54, 1.807) is 6.07 Å². The van der Waals surface area contributed by atoms with E-state index in [1.807, 2.05) is 0 Å². The van der Waals surface area contributed by atoms with Crippen LogP contribution in [0.3, 0.4) is 0 Å². The molecule has 0 unspecified atom stereocenters. The Kier molecular flexibility index (Phi) is 2.04. The van der Waals surface area contributed by atoms with Crippen LogP contribution >= 0.6 is 0 Å². The molecule has 0 N–H and O–H groups in total. The number of halogens is 3. The molecule has 1 aromatic heterocycles. The molecule has 12 heavy (non-hydrogen) atoms. The summed E-state index contributed by atoms with van der Waals surface area (Å²) in [6, 6.07) is 2.36. The molecule has 0 spiro atoms. The van der Waals surface area contributed by atoms with Crippen LogP contribution in [0.4, 0.5) is 13.2 Å². The first-order valence-electron chi connectivity index (χ1n) is 2.94. The van der Waals surface area contributed by atoms with Gasteiger partial charge in [-0.05, 0) is 0 Å². The number of aromatic nitrogens is 1. The Balaban J connectivity index is 2.86. The summed E-state index contributed by atoms with van der Waals surface area (Å²) >= 11 is 0. The first-order chi connectivity index (χ1) is 5.54. The zero-order chi connectivity index (χ0) is 9.19. The molecule has 1 heterocycles. The Morgan fingerprint density at radius 3 is 2.67 bits per heavy atom. The normalized spacial score (nSPS) is 11.2. The Morgan fingerprint density at radius 2 is 2.25 bits per heavy atom. The van der Waals surface area contributed by atoms with Gasteiger partial charge in [-0.25, -0.2) is 0 Å². The molecule has 0 aromatic carbocycles. The van der Waals surface area contributed by atoms with Crippen molar-refractivity contribution in [2.75, 3.05) is 0 Å². The SMILES string of the molecule is N#CCc1cc(C(F)(F)F)no1. The maximum atomic E-state index is 11.8. The first kappa shape index (κ1) is 8.59. The highest BCUT2D eigenvalue weighted by atomic mass is 19.4. The fourth-order valence-corrected chi connectivity index (χ4v) is 0.608. The number of nitrogens with zero attached hydrogens (tertiary/aromatic N) is 2. The van der Waals surface area contributed by atoms with Gasteiger partial charge in [0.2, 0.25) is 0 Å². The topological polar surface area (TPSA) is 49.8 Å². The summed E-state index contributed by atoms with van der Waals surface area (Å²) in [4.78, 5) is 0. The zero-order valence-electron chi connectivity index (χ0n) is 5.72. The molecule has 0 saturated heterocycles. The average molecular weight is 176 g/mol. The van der Waals surface area contributed by atoms with Crippen molar-refractivity contribution in [2.24, 2.45) is 0 Å². The summed E-state index contributed by atoms with van der Waals surface area (Å²) in [5.74, 6) is -0.0789. The molecule has 0 atom stereocenters. The van der Waals surface area contributed by atoms with Crippen molar-refractivity contribution in [1.82, 2.24) is 5.16 Å². The van der Waals surface area contributed by atoms with Gasteiger partial charge in [0.1, 0.15) is 0 Å². The molecule has 1 rings (SSSR count). The van der Waals surface area contributed by atoms with E-state index in [4.69, 9.17) is 5.26 Å². The molecule has 1 aromatic rings. The van der Waals surface area contributed by atoms with Gasteiger partial charge >= 0.3 is 6.18 Å². The molecular weight excluding hydrogens is 173 g/mol. The van der Waals surface area contributed by atoms with E-state index in [9.17, 15) is 13.2 Å². The maximum Gasteiger partial charge on any atom is 0.436 e. The van der Waals surface area contributed by atoms with E-state index >= 15 is 0 Å². The molecule has 6 heteroatoms. The third-order valence-electron chi connectivity index (χ3n) is 1.10. The van der Waals surface area contributed by atoms with Gasteiger partial charge in [0.25, 0.3) is 0 Å². The second-order valence-corrected chi connectivity index (χ2v) is 2.01. The van der Waals surface area contributed by atoms with Crippen LogP contribution < -0.4 is 0 Å². The smallest absolute Gasteiger partial charge is 0.360 e. The van der Waals surface area contributed by atoms with Crippen molar-refractivity contribution in [2.45, 2.75) is 12.6 Å². The number of hydrogen-bond acceptors (Lipinski definition) is 3. The minimum absolute atomic E-state index is 0.0789. The molecule has 0 bridgehead atoms. The maximum absolute atomic E-state index is 11.8. The van der Waals surface area contributed by atoms with Gasteiger partial charge in [-0.15, -0.1) is 0 Å². The lowest BCUT2D eigenvalue weighted by Crippen LogP contribution is -2.04. The number of hydrogen-bond donors (Lipinski definition) is 0. The average Bonchev–Trinajstić information content (AvgIpc) is 2.35. The van der Waals surface area contributed by atoms with Gasteiger partial charge in [0.15, 0.2) is 11.5 Å². The van der Waals surface area contributed by atoms with Crippen LogP contribution in [0.5, 0.6) is 0 Å². The fourth-order valence-electron chi connectivity index (χ4n) is 0.608. The number of nitriles is 1. The van der Waals surface area contributed by atoms with Gasteiger partial charge in [0.05, 0.1) is 12.5 Å². The van der Waals surface area contributed by atoms with Crippen LogP contribution in [0.1, 0.15) is 11.5 Å². The van der Waals surface area contributed by atoms with Crippen LogP contribution in [0, 0.1) is 11.3 Å². The van der Waals surface area contributed by atoms with E-state index in [-0.39, 0.29) is 12.2 Å². The molecule has 0 fully saturated rings. The first-order valence-corrected chi connectivity index (χ1v) is 2.94. The summed E-state index contributed by atoms with van der Waals surface area (Å²) in [6.07, 6.45) is -4.71. The van der Waals surface area contributed by atoms with Crippen LogP contribution in [-0.2, 0) is 12.6 Å². The van der Waals surface area contributed by atoms with Crippen molar-refractivity contribution in [3.8, 4) is 6.07 Å². The Hall–Kier alpha value is -1.51. The summed E-state index contributed by atoms with van der Waals surface area (Å²) < 4.78 is 39.7. The molecule has 64 valence electrons. The van der Waals surface area contributed by atoms with Crippen LogP contribution in [-0.4, -0.2) is 5.16 Å². The lowest BCUT2D eigenvalue weighted by molar-refractivity contribution is -0.142. The Labute approximate surface area is 65.4 Å². The molecule has 0 aliphatic rings. The lowest BCUT2D eigenvalue weighted by Gasteiger charge is -1.97. The van der Waals surface area contributed by atoms with Crippen molar-refractivity contribution >= 4 is 0 Å². The molecule has 3 nitrogen and oxygen atoms in total. The van der Waals surface area contributed by atoms with E-state index in [0.29, 0.717) is 6.07 Å². The summed E-state index contributed by atoms with van der Waals surface area (Å²) in [7, 11) is 0. The van der Waals surface area contributed by atoms with E-state index in [0.717, 1.165) is 0 Å². The third-order valence-corrected chi connectivity index (χ3v) is 1.10. The number of rotatable bonds is 1. The quantitative estimate of drug-likeness (QED) is 0.654. The fraction of sp³-hybridized carbons (Fsp3) is 0.333. The minimum atomic E-state index is -4.50. The van der Waals surface area contributed by atoms with Crippen LogP contribution in [0.15, 0.2) is 10.6 Å². The summed E-state index contributed by atoms with van der Waals surface area (Å²) in [5.41, 5.74) is -1.10. The highest BCUT2D eigenvalue weighted by Crippen LogP contribution is 2.28. The lowest BCUT2D eigenvalue weighted by atomic mass is 10.3. The van der Waals surface area contributed by atoms with Crippen molar-refractivity contribution in [1.29, 1.82) is 5.26 Å². The molecule has 0 saturated carbocycles. The predicted molar refractivity (Wildman–Crippen MR) is 30.8 cm³/mol. The van der Waals surface area contributed by atoms with Gasteiger partial charge in [0, 0.05) is 6.07 Å². The van der Waals surface area contributed by atoms with Gasteiger partial charge < -0.3 is 4.52 Å². The third kappa shape index (κ3) is 1.75. The monoisotopic (exact) mass is 176 g/mol. The van der Waals surface area contributed by atoms with Crippen molar-refractivity contribution in [3.05, 3.63) is 17.5 Å². The predicted octanol–water partition coefficient (Wildman–Crippen LogP) is 1.76. The molecule has 0 radical (unpaired) electrons. The molecule has 0 aliphatic carbocycles.